The number of halogens is 2. The highest BCUT2D eigenvalue weighted by Crippen LogP contribution is 2.26. The molecule has 2 amide bonds. The second-order valence-electron chi connectivity index (χ2n) is 5.98. The number of carbonyl (C=O) groups is 2. The second kappa shape index (κ2) is 7.89. The van der Waals surface area contributed by atoms with Crippen LogP contribution in [0.2, 0.25) is 10.0 Å². The summed E-state index contributed by atoms with van der Waals surface area (Å²) in [5, 5.41) is 3.69. The zero-order chi connectivity index (χ0) is 17.8. The molecule has 0 radical (unpaired) electrons. The Kier molecular flexibility index (Phi) is 5.61. The Labute approximate surface area is 156 Å². The topological polar surface area (TPSA) is 49.4 Å². The lowest BCUT2D eigenvalue weighted by atomic mass is 10.1. The van der Waals surface area contributed by atoms with Gasteiger partial charge in [-0.3, -0.25) is 9.59 Å². The maximum absolute atomic E-state index is 12.8. The van der Waals surface area contributed by atoms with E-state index in [2.05, 4.69) is 5.32 Å². The number of carbonyl (C=O) groups excluding carboxylic acids is 2. The van der Waals surface area contributed by atoms with Crippen molar-refractivity contribution in [2.75, 3.05) is 6.54 Å². The van der Waals surface area contributed by atoms with Gasteiger partial charge >= 0.3 is 0 Å². The molecule has 0 saturated carbocycles. The van der Waals surface area contributed by atoms with Gasteiger partial charge in [-0.1, -0.05) is 53.5 Å². The predicted molar refractivity (Wildman–Crippen MR) is 98.8 cm³/mol. The number of amides is 2. The van der Waals surface area contributed by atoms with Crippen molar-refractivity contribution in [3.63, 3.8) is 0 Å². The van der Waals surface area contributed by atoms with E-state index in [1.807, 2.05) is 30.3 Å². The van der Waals surface area contributed by atoms with E-state index >= 15 is 0 Å². The lowest BCUT2D eigenvalue weighted by Gasteiger charge is -2.24. The number of rotatable bonds is 4. The number of hydrogen-bond acceptors (Lipinski definition) is 2. The molecular formula is C19H18Cl2N2O2. The monoisotopic (exact) mass is 376 g/mol. The Morgan fingerprint density at radius 3 is 2.60 bits per heavy atom. The smallest absolute Gasteiger partial charge is 0.256 e. The first-order chi connectivity index (χ1) is 12.1. The largest absolute Gasteiger partial charge is 0.350 e. The van der Waals surface area contributed by atoms with Crippen LogP contribution in [0.3, 0.4) is 0 Å². The minimum absolute atomic E-state index is 0.139. The highest BCUT2D eigenvalue weighted by molar-refractivity contribution is 6.36. The summed E-state index contributed by atoms with van der Waals surface area (Å²) >= 11 is 12.0. The Morgan fingerprint density at radius 1 is 1.12 bits per heavy atom. The molecule has 1 heterocycles. The van der Waals surface area contributed by atoms with Crippen molar-refractivity contribution < 1.29 is 9.59 Å². The number of benzene rings is 2. The van der Waals surface area contributed by atoms with E-state index in [4.69, 9.17) is 23.2 Å². The number of nitrogens with one attached hydrogen (secondary N) is 1. The molecule has 1 saturated heterocycles. The highest BCUT2D eigenvalue weighted by atomic mass is 35.5. The van der Waals surface area contributed by atoms with Crippen LogP contribution < -0.4 is 5.32 Å². The summed E-state index contributed by atoms with van der Waals surface area (Å²) in [7, 11) is 0. The molecular weight excluding hydrogens is 359 g/mol. The van der Waals surface area contributed by atoms with Crippen molar-refractivity contribution in [1.82, 2.24) is 10.2 Å². The van der Waals surface area contributed by atoms with Gasteiger partial charge in [-0.15, -0.1) is 0 Å². The zero-order valence-electron chi connectivity index (χ0n) is 13.5. The van der Waals surface area contributed by atoms with Crippen molar-refractivity contribution in [1.29, 1.82) is 0 Å². The lowest BCUT2D eigenvalue weighted by Crippen LogP contribution is -2.45. The van der Waals surface area contributed by atoms with Gasteiger partial charge in [0.15, 0.2) is 0 Å². The predicted octanol–water partition coefficient (Wildman–Crippen LogP) is 3.91. The van der Waals surface area contributed by atoms with E-state index in [0.29, 0.717) is 35.1 Å². The summed E-state index contributed by atoms with van der Waals surface area (Å²) in [6.45, 7) is 0.987. The first kappa shape index (κ1) is 17.8. The molecule has 25 heavy (non-hydrogen) atoms. The number of likely N-dealkylation sites (tertiary alicyclic amines) is 1. The summed E-state index contributed by atoms with van der Waals surface area (Å²) < 4.78 is 0. The Morgan fingerprint density at radius 2 is 1.88 bits per heavy atom. The van der Waals surface area contributed by atoms with Crippen LogP contribution in [0.25, 0.3) is 0 Å². The third-order valence-corrected chi connectivity index (χ3v) is 4.84. The molecule has 0 bridgehead atoms. The first-order valence-electron chi connectivity index (χ1n) is 8.14. The van der Waals surface area contributed by atoms with Gasteiger partial charge in [-0.2, -0.15) is 0 Å². The fourth-order valence-electron chi connectivity index (χ4n) is 3.00. The normalized spacial score (nSPS) is 16.7. The Hall–Kier alpha value is -2.04. The van der Waals surface area contributed by atoms with Crippen molar-refractivity contribution in [3.8, 4) is 0 Å². The van der Waals surface area contributed by atoms with E-state index in [1.54, 1.807) is 17.0 Å². The first-order valence-corrected chi connectivity index (χ1v) is 8.89. The molecule has 1 N–H and O–H groups in total. The van der Waals surface area contributed by atoms with Crippen molar-refractivity contribution in [2.45, 2.75) is 25.4 Å². The maximum atomic E-state index is 12.8. The molecule has 0 spiro atoms. The summed E-state index contributed by atoms with van der Waals surface area (Å²) in [6, 6.07) is 14.0. The maximum Gasteiger partial charge on any atom is 0.256 e. The molecule has 0 aliphatic carbocycles. The Balaban J connectivity index is 1.69. The molecule has 0 aromatic heterocycles. The molecule has 1 atom stereocenters. The fourth-order valence-corrected chi connectivity index (χ4v) is 3.49. The SMILES string of the molecule is O=C(NCc1ccccc1)[C@@H]1CCCN1C(=O)c1ccc(Cl)cc1Cl. The van der Waals surface area contributed by atoms with Crippen LogP contribution >= 0.6 is 23.2 Å². The standard InChI is InChI=1S/C19H18Cl2N2O2/c20-14-8-9-15(16(21)11-14)19(25)23-10-4-7-17(23)18(24)22-12-13-5-2-1-3-6-13/h1-3,5-6,8-9,11,17H,4,7,10,12H2,(H,22,24)/t17-/m0/s1. The number of nitrogens with zero attached hydrogens (tertiary/aromatic N) is 1. The van der Waals surface area contributed by atoms with Crippen molar-refractivity contribution in [3.05, 3.63) is 69.7 Å². The number of hydrogen-bond donors (Lipinski definition) is 1. The van der Waals surface area contributed by atoms with Gasteiger partial charge in [0.05, 0.1) is 10.6 Å². The molecule has 130 valence electrons. The van der Waals surface area contributed by atoms with E-state index in [1.165, 1.54) is 6.07 Å². The van der Waals surface area contributed by atoms with E-state index in [0.717, 1.165) is 12.0 Å². The van der Waals surface area contributed by atoms with Gasteiger partial charge in [0.2, 0.25) is 5.91 Å². The average molecular weight is 377 g/mol. The van der Waals surface area contributed by atoms with Crippen LogP contribution in [-0.2, 0) is 11.3 Å². The molecule has 4 nitrogen and oxygen atoms in total. The molecule has 2 aromatic rings. The van der Waals surface area contributed by atoms with Crippen molar-refractivity contribution >= 4 is 35.0 Å². The summed E-state index contributed by atoms with van der Waals surface area (Å²) in [5.74, 6) is -0.376. The van der Waals surface area contributed by atoms with Gasteiger partial charge in [0.1, 0.15) is 6.04 Å². The van der Waals surface area contributed by atoms with Crippen molar-refractivity contribution in [2.24, 2.45) is 0 Å². The van der Waals surface area contributed by atoms with Crippen LogP contribution in [0.15, 0.2) is 48.5 Å². The Bertz CT molecular complexity index is 780. The van der Waals surface area contributed by atoms with Gasteiger partial charge in [0.25, 0.3) is 5.91 Å². The van der Waals surface area contributed by atoms with Gasteiger partial charge in [-0.05, 0) is 36.6 Å². The quantitative estimate of drug-likeness (QED) is 0.878. The third kappa shape index (κ3) is 4.14. The minimum Gasteiger partial charge on any atom is -0.350 e. The van der Waals surface area contributed by atoms with Crippen LogP contribution in [-0.4, -0.2) is 29.3 Å². The van der Waals surface area contributed by atoms with Gasteiger partial charge in [-0.25, -0.2) is 0 Å². The van der Waals surface area contributed by atoms with E-state index in [-0.39, 0.29) is 11.8 Å². The third-order valence-electron chi connectivity index (χ3n) is 4.29. The summed E-state index contributed by atoms with van der Waals surface area (Å²) in [5.41, 5.74) is 1.39. The van der Waals surface area contributed by atoms with E-state index in [9.17, 15) is 9.59 Å². The summed E-state index contributed by atoms with van der Waals surface area (Å²) in [6.07, 6.45) is 1.44. The van der Waals surface area contributed by atoms with Crippen LogP contribution in [0.4, 0.5) is 0 Å². The fraction of sp³-hybridized carbons (Fsp3) is 0.263. The lowest BCUT2D eigenvalue weighted by molar-refractivity contribution is -0.125. The molecule has 1 aliphatic heterocycles. The van der Waals surface area contributed by atoms with Crippen LogP contribution in [0, 0.1) is 0 Å². The summed E-state index contributed by atoms with van der Waals surface area (Å²) in [4.78, 5) is 26.9. The molecule has 6 heteroatoms. The second-order valence-corrected chi connectivity index (χ2v) is 6.83. The minimum atomic E-state index is -0.469. The van der Waals surface area contributed by atoms with Crippen LogP contribution in [0.5, 0.6) is 0 Å². The van der Waals surface area contributed by atoms with Crippen LogP contribution in [0.1, 0.15) is 28.8 Å². The highest BCUT2D eigenvalue weighted by Gasteiger charge is 2.35. The average Bonchev–Trinajstić information content (AvgIpc) is 3.10. The van der Waals surface area contributed by atoms with Gasteiger partial charge in [0, 0.05) is 18.1 Å². The van der Waals surface area contributed by atoms with Gasteiger partial charge < -0.3 is 10.2 Å². The molecule has 0 unspecified atom stereocenters. The molecule has 1 fully saturated rings. The van der Waals surface area contributed by atoms with E-state index < -0.39 is 6.04 Å². The molecule has 3 rings (SSSR count). The zero-order valence-corrected chi connectivity index (χ0v) is 15.1. The molecule has 2 aromatic carbocycles. The molecule has 1 aliphatic rings.